The molecule has 1 aliphatic carbocycles. The van der Waals surface area contributed by atoms with E-state index in [1.54, 1.807) is 13.2 Å². The molecule has 21 heavy (non-hydrogen) atoms. The van der Waals surface area contributed by atoms with E-state index in [4.69, 9.17) is 21.1 Å². The van der Waals surface area contributed by atoms with Gasteiger partial charge in [-0.05, 0) is 31.0 Å². The van der Waals surface area contributed by atoms with E-state index in [1.165, 1.54) is 0 Å². The Balaban J connectivity index is 1.72. The number of fused-ring (bicyclic) bond motifs is 1. The number of halogens is 1. The van der Waals surface area contributed by atoms with Crippen LogP contribution >= 0.6 is 11.6 Å². The minimum Gasteiger partial charge on any atom is -0.378 e. The molecule has 1 aromatic carbocycles. The number of carbonyl (C=O) groups is 1. The van der Waals surface area contributed by atoms with E-state index in [0.717, 1.165) is 23.4 Å². The molecule has 114 valence electrons. The average Bonchev–Trinajstić information content (AvgIpc) is 2.77. The highest BCUT2D eigenvalue weighted by molar-refractivity contribution is 6.33. The van der Waals surface area contributed by atoms with Crippen molar-refractivity contribution in [2.75, 3.05) is 24.4 Å². The molecular weight excluding hydrogens is 292 g/mol. The maximum Gasteiger partial charge on any atom is 0.228 e. The summed E-state index contributed by atoms with van der Waals surface area (Å²) in [6.45, 7) is 2.67. The largest absolute Gasteiger partial charge is 0.378 e. The number of anilines is 2. The van der Waals surface area contributed by atoms with Gasteiger partial charge in [-0.25, -0.2) is 0 Å². The standard InChI is InChI=1S/C15H19ClN2O3/c1-3-21-13-7-12(15(13)20-2)17-11-4-8-5-14(19)18-10(8)6-9(11)16/h4,6,12-13,15,17H,3,5,7H2,1-2H3,(H,18,19). The first kappa shape index (κ1) is 14.6. The fourth-order valence-electron chi connectivity index (χ4n) is 2.97. The lowest BCUT2D eigenvalue weighted by molar-refractivity contribution is -0.118. The van der Waals surface area contributed by atoms with Crippen LogP contribution in [0.1, 0.15) is 18.9 Å². The smallest absolute Gasteiger partial charge is 0.228 e. The predicted molar refractivity (Wildman–Crippen MR) is 82.0 cm³/mol. The Morgan fingerprint density at radius 1 is 1.48 bits per heavy atom. The highest BCUT2D eigenvalue weighted by Gasteiger charge is 2.42. The molecule has 1 amide bonds. The lowest BCUT2D eigenvalue weighted by Crippen LogP contribution is -2.56. The topological polar surface area (TPSA) is 59.6 Å². The first-order valence-electron chi connectivity index (χ1n) is 7.15. The predicted octanol–water partition coefficient (Wildman–Crippen LogP) is 2.44. The summed E-state index contributed by atoms with van der Waals surface area (Å²) in [6, 6.07) is 3.91. The summed E-state index contributed by atoms with van der Waals surface area (Å²) in [5.74, 6) is 0.00744. The number of amides is 1. The van der Waals surface area contributed by atoms with Gasteiger partial charge in [-0.3, -0.25) is 4.79 Å². The summed E-state index contributed by atoms with van der Waals surface area (Å²) in [6.07, 6.45) is 1.45. The van der Waals surface area contributed by atoms with Crippen molar-refractivity contribution in [3.63, 3.8) is 0 Å². The number of rotatable bonds is 5. The number of ether oxygens (including phenoxy) is 2. The van der Waals surface area contributed by atoms with Gasteiger partial charge in [0.25, 0.3) is 0 Å². The molecule has 3 unspecified atom stereocenters. The van der Waals surface area contributed by atoms with Crippen LogP contribution in [0.2, 0.25) is 5.02 Å². The van der Waals surface area contributed by atoms with Crippen LogP contribution in [0.3, 0.4) is 0 Å². The Morgan fingerprint density at radius 3 is 3.00 bits per heavy atom. The van der Waals surface area contributed by atoms with Crippen molar-refractivity contribution in [3.8, 4) is 0 Å². The zero-order valence-electron chi connectivity index (χ0n) is 12.1. The van der Waals surface area contributed by atoms with Crippen LogP contribution < -0.4 is 10.6 Å². The van der Waals surface area contributed by atoms with Crippen LogP contribution in [0, 0.1) is 0 Å². The van der Waals surface area contributed by atoms with Gasteiger partial charge in [0.1, 0.15) is 6.10 Å². The molecule has 0 bridgehead atoms. The molecule has 1 fully saturated rings. The number of hydrogen-bond donors (Lipinski definition) is 2. The Labute approximate surface area is 128 Å². The molecule has 5 nitrogen and oxygen atoms in total. The highest BCUT2D eigenvalue weighted by Crippen LogP contribution is 2.36. The summed E-state index contributed by atoms with van der Waals surface area (Å²) < 4.78 is 11.1. The van der Waals surface area contributed by atoms with E-state index >= 15 is 0 Å². The fourth-order valence-corrected chi connectivity index (χ4v) is 3.19. The van der Waals surface area contributed by atoms with Gasteiger partial charge < -0.3 is 20.1 Å². The molecule has 2 N–H and O–H groups in total. The van der Waals surface area contributed by atoms with Crippen molar-refractivity contribution in [1.29, 1.82) is 0 Å². The maximum absolute atomic E-state index is 11.4. The molecular formula is C15H19ClN2O3. The summed E-state index contributed by atoms with van der Waals surface area (Å²) in [5, 5.41) is 6.80. The van der Waals surface area contributed by atoms with E-state index in [2.05, 4.69) is 10.6 Å². The van der Waals surface area contributed by atoms with Crippen LogP contribution in [0.15, 0.2) is 12.1 Å². The third-order valence-electron chi connectivity index (χ3n) is 4.06. The first-order chi connectivity index (χ1) is 10.1. The van der Waals surface area contributed by atoms with Crippen LogP contribution in [0.25, 0.3) is 0 Å². The van der Waals surface area contributed by atoms with Crippen LogP contribution in [-0.2, 0) is 20.7 Å². The molecule has 3 rings (SSSR count). The second-order valence-corrected chi connectivity index (χ2v) is 5.80. The zero-order chi connectivity index (χ0) is 15.0. The van der Waals surface area contributed by atoms with Crippen molar-refractivity contribution in [2.45, 2.75) is 38.0 Å². The molecule has 1 aromatic rings. The van der Waals surface area contributed by atoms with Crippen molar-refractivity contribution in [3.05, 3.63) is 22.7 Å². The van der Waals surface area contributed by atoms with Crippen LogP contribution in [-0.4, -0.2) is 37.9 Å². The average molecular weight is 311 g/mol. The first-order valence-corrected chi connectivity index (χ1v) is 7.53. The minimum atomic E-state index is 0.00744. The Hall–Kier alpha value is -1.30. The number of benzene rings is 1. The van der Waals surface area contributed by atoms with E-state index in [1.807, 2.05) is 13.0 Å². The molecule has 0 saturated heterocycles. The van der Waals surface area contributed by atoms with Crippen molar-refractivity contribution < 1.29 is 14.3 Å². The van der Waals surface area contributed by atoms with Gasteiger partial charge in [0.05, 0.1) is 29.3 Å². The zero-order valence-corrected chi connectivity index (χ0v) is 12.9. The SMILES string of the molecule is CCOC1CC(Nc2cc3c(cc2Cl)NC(=O)C3)C1OC. The summed E-state index contributed by atoms with van der Waals surface area (Å²) in [5.41, 5.74) is 2.62. The lowest BCUT2D eigenvalue weighted by atomic mass is 9.85. The van der Waals surface area contributed by atoms with Gasteiger partial charge in [0.15, 0.2) is 0 Å². The Kier molecular flexibility index (Phi) is 4.06. The van der Waals surface area contributed by atoms with Gasteiger partial charge in [0.2, 0.25) is 5.91 Å². The number of methoxy groups -OCH3 is 1. The fraction of sp³-hybridized carbons (Fsp3) is 0.533. The normalized spacial score (nSPS) is 27.0. The monoisotopic (exact) mass is 310 g/mol. The van der Waals surface area contributed by atoms with E-state index < -0.39 is 0 Å². The van der Waals surface area contributed by atoms with Gasteiger partial charge in [-0.2, -0.15) is 0 Å². The van der Waals surface area contributed by atoms with Gasteiger partial charge in [-0.1, -0.05) is 11.6 Å². The van der Waals surface area contributed by atoms with E-state index in [-0.39, 0.29) is 24.2 Å². The van der Waals surface area contributed by atoms with Crippen molar-refractivity contribution >= 4 is 28.9 Å². The Morgan fingerprint density at radius 2 is 2.29 bits per heavy atom. The van der Waals surface area contributed by atoms with Gasteiger partial charge in [0, 0.05) is 19.4 Å². The molecule has 1 saturated carbocycles. The third-order valence-corrected chi connectivity index (χ3v) is 4.37. The van der Waals surface area contributed by atoms with Gasteiger partial charge >= 0.3 is 0 Å². The molecule has 3 atom stereocenters. The van der Waals surface area contributed by atoms with Crippen molar-refractivity contribution in [1.82, 2.24) is 0 Å². The lowest BCUT2D eigenvalue weighted by Gasteiger charge is -2.43. The van der Waals surface area contributed by atoms with Gasteiger partial charge in [-0.15, -0.1) is 0 Å². The minimum absolute atomic E-state index is 0.00744. The molecule has 1 heterocycles. The summed E-state index contributed by atoms with van der Waals surface area (Å²) >= 11 is 6.28. The number of hydrogen-bond acceptors (Lipinski definition) is 4. The molecule has 0 radical (unpaired) electrons. The van der Waals surface area contributed by atoms with Crippen molar-refractivity contribution in [2.24, 2.45) is 0 Å². The molecule has 2 aliphatic rings. The Bertz CT molecular complexity index is 564. The number of nitrogens with one attached hydrogen (secondary N) is 2. The van der Waals surface area contributed by atoms with E-state index in [0.29, 0.717) is 18.1 Å². The second kappa shape index (κ2) is 5.83. The van der Waals surface area contributed by atoms with Crippen LogP contribution in [0.5, 0.6) is 0 Å². The highest BCUT2D eigenvalue weighted by atomic mass is 35.5. The summed E-state index contributed by atoms with van der Waals surface area (Å²) in [7, 11) is 1.69. The molecule has 0 spiro atoms. The summed E-state index contributed by atoms with van der Waals surface area (Å²) in [4.78, 5) is 11.4. The second-order valence-electron chi connectivity index (χ2n) is 5.39. The molecule has 0 aromatic heterocycles. The number of carbonyl (C=O) groups excluding carboxylic acids is 1. The maximum atomic E-state index is 11.4. The van der Waals surface area contributed by atoms with Crippen LogP contribution in [0.4, 0.5) is 11.4 Å². The third kappa shape index (κ3) is 2.73. The molecule has 1 aliphatic heterocycles. The van der Waals surface area contributed by atoms with E-state index in [9.17, 15) is 4.79 Å². The molecule has 6 heteroatoms. The quantitative estimate of drug-likeness (QED) is 0.877.